The minimum Gasteiger partial charge on any atom is -0.466 e. The van der Waals surface area contributed by atoms with Crippen molar-refractivity contribution in [3.8, 4) is 0 Å². The van der Waals surface area contributed by atoms with E-state index in [0.29, 0.717) is 19.4 Å². The van der Waals surface area contributed by atoms with Crippen molar-refractivity contribution in [2.24, 2.45) is 0 Å². The number of unbranched alkanes of at least 4 members (excludes halogenated alkanes) is 32. The Morgan fingerprint density at radius 3 is 1.28 bits per heavy atom. The molecule has 0 aliphatic carbocycles. The lowest BCUT2D eigenvalue weighted by atomic mass is 10.0. The number of carbonyl (C=O) groups excluding carboxylic acids is 2. The number of allylic oxidation sites excluding steroid dienone is 1. The molecule has 3 N–H and O–H groups in total. The number of hydrogen-bond donors (Lipinski definition) is 3. The maximum Gasteiger partial charge on any atom is 0.305 e. The van der Waals surface area contributed by atoms with Gasteiger partial charge in [-0.05, 0) is 32.1 Å². The smallest absolute Gasteiger partial charge is 0.305 e. The van der Waals surface area contributed by atoms with Gasteiger partial charge >= 0.3 is 5.97 Å². The molecule has 6 heteroatoms. The normalized spacial score (nSPS) is 12.8. The van der Waals surface area contributed by atoms with E-state index in [4.69, 9.17) is 4.74 Å². The third-order valence-corrected chi connectivity index (χ3v) is 10.8. The number of esters is 1. The van der Waals surface area contributed by atoms with Crippen LogP contribution in [0.25, 0.3) is 0 Å². The van der Waals surface area contributed by atoms with Gasteiger partial charge in [0.15, 0.2) is 0 Å². The summed E-state index contributed by atoms with van der Waals surface area (Å²) in [6.07, 6.45) is 47.6. The predicted octanol–water partition coefficient (Wildman–Crippen LogP) is 13.4. The van der Waals surface area contributed by atoms with Gasteiger partial charge in [0.2, 0.25) is 5.91 Å². The lowest BCUT2D eigenvalue weighted by Gasteiger charge is -2.20. The fourth-order valence-electron chi connectivity index (χ4n) is 7.16. The summed E-state index contributed by atoms with van der Waals surface area (Å²) in [6.45, 7) is 4.85. The van der Waals surface area contributed by atoms with Gasteiger partial charge in [0.25, 0.3) is 0 Å². The first-order valence-electron chi connectivity index (χ1n) is 23.5. The van der Waals surface area contributed by atoms with E-state index in [0.717, 1.165) is 57.8 Å². The minimum absolute atomic E-state index is 0.0144. The summed E-state index contributed by atoms with van der Waals surface area (Å²) in [5, 5.41) is 22.9. The van der Waals surface area contributed by atoms with E-state index in [1.54, 1.807) is 6.08 Å². The molecule has 0 aliphatic heterocycles. The van der Waals surface area contributed by atoms with Crippen molar-refractivity contribution in [3.05, 3.63) is 12.2 Å². The molecule has 0 heterocycles. The number of rotatable bonds is 43. The standard InChI is InChI=1S/C47H91NO5/c1-3-5-7-9-11-13-15-17-21-25-29-33-37-41-47(52)53-42-38-34-30-26-22-18-20-24-28-32-36-40-46(51)48-44(43-49)45(50)39-35-31-27-23-19-16-14-12-10-8-6-4-2/h35,39,44-45,49-50H,3-34,36-38,40-43H2,1-2H3,(H,48,51)/b39-35+. The van der Waals surface area contributed by atoms with Crippen LogP contribution >= 0.6 is 0 Å². The van der Waals surface area contributed by atoms with Crippen LogP contribution in [0.15, 0.2) is 12.2 Å². The van der Waals surface area contributed by atoms with Gasteiger partial charge in [0, 0.05) is 12.8 Å². The summed E-state index contributed by atoms with van der Waals surface area (Å²) >= 11 is 0. The molecule has 0 saturated heterocycles. The van der Waals surface area contributed by atoms with Crippen molar-refractivity contribution >= 4 is 11.9 Å². The first-order chi connectivity index (χ1) is 26.0. The van der Waals surface area contributed by atoms with Crippen molar-refractivity contribution in [2.75, 3.05) is 13.2 Å². The monoisotopic (exact) mass is 750 g/mol. The zero-order valence-electron chi connectivity index (χ0n) is 35.5. The Labute approximate surface area is 329 Å². The van der Waals surface area contributed by atoms with Gasteiger partial charge in [0.05, 0.1) is 25.4 Å². The molecule has 0 aromatic heterocycles. The van der Waals surface area contributed by atoms with Crippen LogP contribution in [0, 0.1) is 0 Å². The van der Waals surface area contributed by atoms with Crippen molar-refractivity contribution in [1.82, 2.24) is 5.32 Å². The van der Waals surface area contributed by atoms with E-state index in [1.807, 2.05) is 6.08 Å². The third kappa shape index (κ3) is 40.1. The van der Waals surface area contributed by atoms with Crippen LogP contribution in [0.4, 0.5) is 0 Å². The first-order valence-corrected chi connectivity index (χ1v) is 23.5. The van der Waals surface area contributed by atoms with E-state index in [9.17, 15) is 19.8 Å². The van der Waals surface area contributed by atoms with Crippen molar-refractivity contribution in [3.63, 3.8) is 0 Å². The molecular weight excluding hydrogens is 659 g/mol. The zero-order chi connectivity index (χ0) is 38.7. The van der Waals surface area contributed by atoms with E-state index >= 15 is 0 Å². The number of hydrogen-bond acceptors (Lipinski definition) is 5. The number of nitrogens with one attached hydrogen (secondary N) is 1. The largest absolute Gasteiger partial charge is 0.466 e. The van der Waals surface area contributed by atoms with Gasteiger partial charge in [-0.15, -0.1) is 0 Å². The van der Waals surface area contributed by atoms with Crippen LogP contribution < -0.4 is 5.32 Å². The molecular formula is C47H91NO5. The Morgan fingerprint density at radius 2 is 0.868 bits per heavy atom. The Bertz CT molecular complexity index is 787. The SMILES string of the molecule is CCCCCCCCCCCC/C=C/C(O)C(CO)NC(=O)CCCCCCCCCCCCCOC(=O)CCCCCCCCCCCCCCC. The third-order valence-electron chi connectivity index (χ3n) is 10.8. The highest BCUT2D eigenvalue weighted by atomic mass is 16.5. The Morgan fingerprint density at radius 1 is 0.509 bits per heavy atom. The van der Waals surface area contributed by atoms with Crippen molar-refractivity contribution in [1.29, 1.82) is 0 Å². The van der Waals surface area contributed by atoms with Crippen molar-refractivity contribution < 1.29 is 24.5 Å². The van der Waals surface area contributed by atoms with Crippen LogP contribution in [0.3, 0.4) is 0 Å². The second-order valence-electron chi connectivity index (χ2n) is 16.1. The maximum absolute atomic E-state index is 12.4. The molecule has 0 aromatic carbocycles. The summed E-state index contributed by atoms with van der Waals surface area (Å²) in [7, 11) is 0. The van der Waals surface area contributed by atoms with Gasteiger partial charge < -0.3 is 20.3 Å². The number of aliphatic hydroxyl groups excluding tert-OH is 2. The lowest BCUT2D eigenvalue weighted by molar-refractivity contribution is -0.143. The summed E-state index contributed by atoms with van der Waals surface area (Å²) in [6, 6.07) is -0.639. The minimum atomic E-state index is -0.853. The average Bonchev–Trinajstić information content (AvgIpc) is 3.16. The number of amides is 1. The van der Waals surface area contributed by atoms with Gasteiger partial charge in [-0.2, -0.15) is 0 Å². The molecule has 53 heavy (non-hydrogen) atoms. The van der Waals surface area contributed by atoms with Crippen LogP contribution in [-0.2, 0) is 14.3 Å². The summed E-state index contributed by atoms with van der Waals surface area (Å²) in [4.78, 5) is 24.4. The fraction of sp³-hybridized carbons (Fsp3) is 0.915. The van der Waals surface area contributed by atoms with Gasteiger partial charge in [-0.25, -0.2) is 0 Å². The summed E-state index contributed by atoms with van der Waals surface area (Å²) in [5.74, 6) is -0.102. The zero-order valence-corrected chi connectivity index (χ0v) is 35.5. The van der Waals surface area contributed by atoms with Gasteiger partial charge in [-0.3, -0.25) is 9.59 Å². The number of ether oxygens (including phenoxy) is 1. The van der Waals surface area contributed by atoms with Gasteiger partial charge in [0.1, 0.15) is 0 Å². The van der Waals surface area contributed by atoms with Crippen LogP contribution in [-0.4, -0.2) is 47.4 Å². The number of aliphatic hydroxyl groups is 2. The molecule has 6 nitrogen and oxygen atoms in total. The summed E-state index contributed by atoms with van der Waals surface area (Å²) in [5.41, 5.74) is 0. The molecule has 0 radical (unpaired) electrons. The summed E-state index contributed by atoms with van der Waals surface area (Å²) < 4.78 is 5.44. The topological polar surface area (TPSA) is 95.9 Å². The maximum atomic E-state index is 12.4. The molecule has 0 bridgehead atoms. The molecule has 0 saturated carbocycles. The van der Waals surface area contributed by atoms with E-state index in [2.05, 4.69) is 19.2 Å². The Hall–Kier alpha value is -1.40. The Kier molecular flexibility index (Phi) is 42.2. The second kappa shape index (κ2) is 43.3. The number of carbonyl (C=O) groups is 2. The first kappa shape index (κ1) is 51.6. The fourth-order valence-corrected chi connectivity index (χ4v) is 7.16. The molecule has 314 valence electrons. The molecule has 0 fully saturated rings. The highest BCUT2D eigenvalue weighted by Gasteiger charge is 2.18. The molecule has 0 aromatic rings. The quantitative estimate of drug-likeness (QED) is 0.0328. The van der Waals surface area contributed by atoms with Gasteiger partial charge in [-0.1, -0.05) is 219 Å². The molecule has 2 unspecified atom stereocenters. The highest BCUT2D eigenvalue weighted by Crippen LogP contribution is 2.15. The molecule has 0 spiro atoms. The van der Waals surface area contributed by atoms with E-state index in [-0.39, 0.29) is 18.5 Å². The lowest BCUT2D eigenvalue weighted by Crippen LogP contribution is -2.45. The van der Waals surface area contributed by atoms with Crippen LogP contribution in [0.5, 0.6) is 0 Å². The molecule has 0 rings (SSSR count). The predicted molar refractivity (Wildman–Crippen MR) is 227 cm³/mol. The Balaban J connectivity index is 3.49. The average molecular weight is 750 g/mol. The second-order valence-corrected chi connectivity index (χ2v) is 16.1. The molecule has 2 atom stereocenters. The van der Waals surface area contributed by atoms with E-state index < -0.39 is 12.1 Å². The highest BCUT2D eigenvalue weighted by molar-refractivity contribution is 5.76. The van der Waals surface area contributed by atoms with Crippen LogP contribution in [0.1, 0.15) is 251 Å². The van der Waals surface area contributed by atoms with E-state index in [1.165, 1.54) is 167 Å². The molecule has 0 aliphatic rings. The van der Waals surface area contributed by atoms with Crippen molar-refractivity contribution in [2.45, 2.75) is 264 Å². The van der Waals surface area contributed by atoms with Crippen LogP contribution in [0.2, 0.25) is 0 Å². The molecule has 1 amide bonds.